The minimum atomic E-state index is -3.22. The molecule has 0 saturated carbocycles. The molecule has 0 bridgehead atoms. The van der Waals surface area contributed by atoms with Crippen LogP contribution >= 0.6 is 11.3 Å². The van der Waals surface area contributed by atoms with Crippen molar-refractivity contribution >= 4 is 38.5 Å². The van der Waals surface area contributed by atoms with Gasteiger partial charge in [-0.05, 0) is 78.4 Å². The van der Waals surface area contributed by atoms with Gasteiger partial charge >= 0.3 is 0 Å². The fraction of sp³-hybridized carbons (Fsp3) is 0.292. The molecule has 1 aliphatic rings. The summed E-state index contributed by atoms with van der Waals surface area (Å²) in [6.07, 6.45) is 3.16. The molecule has 4 rings (SSSR count). The topological polar surface area (TPSA) is 75.7 Å². The molecule has 1 aliphatic heterocycles. The molecule has 0 fully saturated rings. The quantitative estimate of drug-likeness (QED) is 0.490. The third-order valence-electron chi connectivity index (χ3n) is 5.39. The molecule has 8 heteroatoms. The number of carbonyl (C=O) groups is 1. The van der Waals surface area contributed by atoms with Crippen LogP contribution in [0.25, 0.3) is 0 Å². The number of nitrogens with zero attached hydrogens (tertiary/aromatic N) is 1. The number of ether oxygens (including phenoxy) is 1. The van der Waals surface area contributed by atoms with Gasteiger partial charge in [0, 0.05) is 42.0 Å². The van der Waals surface area contributed by atoms with Crippen molar-refractivity contribution in [2.45, 2.75) is 30.7 Å². The standard InChI is InChI=1S/C24H26N2O4S2/c1-32(28,29)22-10-8-21(9-11-22)30-15-2-3-24(27)25-19-4-6-20(7-5-19)26-14-12-23-18(17-26)13-16-31-23/h4-11,13,16H,2-3,12,14-15,17H2,1H3,(H,25,27). The second kappa shape index (κ2) is 9.75. The van der Waals surface area contributed by atoms with Gasteiger partial charge in [-0.15, -0.1) is 11.3 Å². The van der Waals surface area contributed by atoms with E-state index in [-0.39, 0.29) is 10.8 Å². The van der Waals surface area contributed by atoms with Gasteiger partial charge in [0.05, 0.1) is 11.5 Å². The first kappa shape index (κ1) is 22.4. The maximum Gasteiger partial charge on any atom is 0.224 e. The molecular formula is C24H26N2O4S2. The number of nitrogens with one attached hydrogen (secondary N) is 1. The number of carbonyl (C=O) groups excluding carboxylic acids is 1. The number of rotatable bonds is 8. The maximum absolute atomic E-state index is 12.2. The van der Waals surface area contributed by atoms with Crippen molar-refractivity contribution in [3.63, 3.8) is 0 Å². The summed E-state index contributed by atoms with van der Waals surface area (Å²) in [7, 11) is -3.22. The predicted octanol–water partition coefficient (Wildman–Crippen LogP) is 4.51. The Morgan fingerprint density at radius 3 is 2.56 bits per heavy atom. The van der Waals surface area contributed by atoms with E-state index in [1.165, 1.54) is 28.8 Å². The molecule has 168 valence electrons. The molecule has 32 heavy (non-hydrogen) atoms. The Morgan fingerprint density at radius 1 is 1.09 bits per heavy atom. The number of sulfone groups is 1. The fourth-order valence-electron chi connectivity index (χ4n) is 3.65. The average molecular weight is 471 g/mol. The van der Waals surface area contributed by atoms with Crippen molar-refractivity contribution < 1.29 is 17.9 Å². The van der Waals surface area contributed by atoms with Gasteiger partial charge in [0.15, 0.2) is 9.84 Å². The highest BCUT2D eigenvalue weighted by Crippen LogP contribution is 2.28. The first-order chi connectivity index (χ1) is 15.4. The summed E-state index contributed by atoms with van der Waals surface area (Å²) in [5.41, 5.74) is 3.35. The Morgan fingerprint density at radius 2 is 1.84 bits per heavy atom. The van der Waals surface area contributed by atoms with Crippen molar-refractivity contribution in [3.8, 4) is 5.75 Å². The Balaban J connectivity index is 1.20. The summed E-state index contributed by atoms with van der Waals surface area (Å²) in [5.74, 6) is 0.523. The monoisotopic (exact) mass is 470 g/mol. The molecule has 0 unspecified atom stereocenters. The van der Waals surface area contributed by atoms with Gasteiger partial charge in [0.2, 0.25) is 5.91 Å². The lowest BCUT2D eigenvalue weighted by atomic mass is 10.1. The van der Waals surface area contributed by atoms with E-state index in [0.717, 1.165) is 30.9 Å². The van der Waals surface area contributed by atoms with Crippen LogP contribution in [0.1, 0.15) is 23.3 Å². The van der Waals surface area contributed by atoms with Crippen molar-refractivity contribution in [3.05, 3.63) is 70.4 Å². The highest BCUT2D eigenvalue weighted by atomic mass is 32.2. The molecule has 1 aromatic heterocycles. The number of amides is 1. The Kier molecular flexibility index (Phi) is 6.81. The third kappa shape index (κ3) is 5.69. The van der Waals surface area contributed by atoms with E-state index in [1.807, 2.05) is 23.5 Å². The van der Waals surface area contributed by atoms with Crippen LogP contribution in [0.3, 0.4) is 0 Å². The molecule has 2 heterocycles. The molecule has 6 nitrogen and oxygen atoms in total. The Bertz CT molecular complexity index is 1170. The molecule has 0 radical (unpaired) electrons. The molecular weight excluding hydrogens is 444 g/mol. The van der Waals surface area contributed by atoms with Gasteiger partial charge in [-0.2, -0.15) is 0 Å². The first-order valence-electron chi connectivity index (χ1n) is 10.5. The second-order valence-corrected chi connectivity index (χ2v) is 10.8. The molecule has 1 N–H and O–H groups in total. The van der Waals surface area contributed by atoms with E-state index < -0.39 is 9.84 Å². The lowest BCUT2D eigenvalue weighted by Gasteiger charge is -2.29. The third-order valence-corrected chi connectivity index (χ3v) is 7.54. The summed E-state index contributed by atoms with van der Waals surface area (Å²) in [6.45, 7) is 2.32. The van der Waals surface area contributed by atoms with E-state index in [2.05, 4.69) is 33.8 Å². The first-order valence-corrected chi connectivity index (χ1v) is 13.3. The number of hydrogen-bond acceptors (Lipinski definition) is 6. The molecule has 1 amide bonds. The maximum atomic E-state index is 12.2. The summed E-state index contributed by atoms with van der Waals surface area (Å²) in [6, 6.07) is 16.5. The Labute approximate surface area is 192 Å². The van der Waals surface area contributed by atoms with E-state index in [4.69, 9.17) is 4.74 Å². The number of fused-ring (bicyclic) bond motifs is 1. The number of thiophene rings is 1. The molecule has 3 aromatic rings. The van der Waals surface area contributed by atoms with Crippen LogP contribution < -0.4 is 15.0 Å². The fourth-order valence-corrected chi connectivity index (χ4v) is 5.17. The normalized spacial score (nSPS) is 13.5. The predicted molar refractivity (Wildman–Crippen MR) is 128 cm³/mol. The van der Waals surface area contributed by atoms with Gasteiger partial charge in [-0.1, -0.05) is 0 Å². The minimum absolute atomic E-state index is 0.0605. The molecule has 2 aromatic carbocycles. The van der Waals surface area contributed by atoms with E-state index in [1.54, 1.807) is 12.1 Å². The smallest absolute Gasteiger partial charge is 0.224 e. The zero-order chi connectivity index (χ0) is 22.6. The summed E-state index contributed by atoms with van der Waals surface area (Å²) in [5, 5.41) is 5.09. The summed E-state index contributed by atoms with van der Waals surface area (Å²) < 4.78 is 28.5. The zero-order valence-corrected chi connectivity index (χ0v) is 19.5. The lowest BCUT2D eigenvalue weighted by Crippen LogP contribution is -2.29. The highest BCUT2D eigenvalue weighted by Gasteiger charge is 2.17. The van der Waals surface area contributed by atoms with Crippen molar-refractivity contribution in [1.29, 1.82) is 0 Å². The highest BCUT2D eigenvalue weighted by molar-refractivity contribution is 7.90. The zero-order valence-electron chi connectivity index (χ0n) is 17.9. The van der Waals surface area contributed by atoms with Crippen molar-refractivity contribution in [2.24, 2.45) is 0 Å². The largest absolute Gasteiger partial charge is 0.494 e. The van der Waals surface area contributed by atoms with Gasteiger partial charge in [-0.25, -0.2) is 8.42 Å². The van der Waals surface area contributed by atoms with E-state index >= 15 is 0 Å². The van der Waals surface area contributed by atoms with Crippen LogP contribution in [0.2, 0.25) is 0 Å². The number of hydrogen-bond donors (Lipinski definition) is 1. The molecule has 0 atom stereocenters. The van der Waals surface area contributed by atoms with Gasteiger partial charge in [0.1, 0.15) is 5.75 Å². The number of anilines is 2. The summed E-state index contributed by atoms with van der Waals surface area (Å²) >= 11 is 1.83. The Hall–Kier alpha value is -2.84. The molecule has 0 aliphatic carbocycles. The van der Waals surface area contributed by atoms with Gasteiger partial charge < -0.3 is 15.0 Å². The summed E-state index contributed by atoms with van der Waals surface area (Å²) in [4.78, 5) is 16.3. The minimum Gasteiger partial charge on any atom is -0.494 e. The van der Waals surface area contributed by atoms with Gasteiger partial charge in [0.25, 0.3) is 0 Å². The van der Waals surface area contributed by atoms with Crippen LogP contribution in [-0.4, -0.2) is 33.7 Å². The van der Waals surface area contributed by atoms with Gasteiger partial charge in [-0.3, -0.25) is 4.79 Å². The van der Waals surface area contributed by atoms with Crippen LogP contribution in [0.4, 0.5) is 11.4 Å². The second-order valence-electron chi connectivity index (χ2n) is 7.83. The van der Waals surface area contributed by atoms with E-state index in [9.17, 15) is 13.2 Å². The molecule has 0 saturated heterocycles. The van der Waals surface area contributed by atoms with Crippen molar-refractivity contribution in [1.82, 2.24) is 0 Å². The van der Waals surface area contributed by atoms with E-state index in [0.29, 0.717) is 25.2 Å². The van der Waals surface area contributed by atoms with Crippen molar-refractivity contribution in [2.75, 3.05) is 29.6 Å². The van der Waals surface area contributed by atoms with Crippen LogP contribution in [0.15, 0.2) is 64.9 Å². The average Bonchev–Trinajstić information content (AvgIpc) is 3.25. The van der Waals surface area contributed by atoms with Crippen LogP contribution in [0.5, 0.6) is 5.75 Å². The SMILES string of the molecule is CS(=O)(=O)c1ccc(OCCCC(=O)Nc2ccc(N3CCc4sccc4C3)cc2)cc1. The van der Waals surface area contributed by atoms with Crippen LogP contribution in [0, 0.1) is 0 Å². The molecule has 0 spiro atoms. The lowest BCUT2D eigenvalue weighted by molar-refractivity contribution is -0.116. The number of benzene rings is 2. The van der Waals surface area contributed by atoms with Crippen LogP contribution in [-0.2, 0) is 27.6 Å².